The summed E-state index contributed by atoms with van der Waals surface area (Å²) in [5.74, 6) is 0.273. The van der Waals surface area contributed by atoms with Gasteiger partial charge in [0.25, 0.3) is 5.91 Å². The molecule has 21 heavy (non-hydrogen) atoms. The number of benzene rings is 1. The van der Waals surface area contributed by atoms with Gasteiger partial charge in [0.2, 0.25) is 0 Å². The van der Waals surface area contributed by atoms with E-state index in [4.69, 9.17) is 32.7 Å². The Balaban J connectivity index is 2.56. The van der Waals surface area contributed by atoms with Gasteiger partial charge in [0.05, 0.1) is 5.02 Å². The monoisotopic (exact) mass is 334 g/mol. The molecule has 2 N–H and O–H groups in total. The average Bonchev–Trinajstić information content (AvgIpc) is 2.43. The Hall–Kier alpha value is -1.01. The molecule has 0 fully saturated rings. The number of rotatable bonds is 9. The van der Waals surface area contributed by atoms with Crippen molar-refractivity contribution in [2.24, 2.45) is 0 Å². The molecule has 0 aliphatic carbocycles. The Bertz CT molecular complexity index is 470. The normalized spacial score (nSPS) is 10.5. The molecule has 0 radical (unpaired) electrons. The van der Waals surface area contributed by atoms with E-state index in [0.717, 1.165) is 12.0 Å². The number of hydrogen-bond acceptors (Lipinski definition) is 4. The van der Waals surface area contributed by atoms with Gasteiger partial charge in [0, 0.05) is 37.4 Å². The second kappa shape index (κ2) is 9.84. The van der Waals surface area contributed by atoms with E-state index in [0.29, 0.717) is 35.5 Å². The summed E-state index contributed by atoms with van der Waals surface area (Å²) in [4.78, 5) is 11.7. The van der Waals surface area contributed by atoms with Gasteiger partial charge in [-0.2, -0.15) is 0 Å². The number of nitrogens with one attached hydrogen (secondary N) is 2. The molecule has 5 nitrogen and oxygen atoms in total. The van der Waals surface area contributed by atoms with Crippen molar-refractivity contribution in [2.45, 2.75) is 13.0 Å². The molecular formula is C14H20Cl2N2O3. The quantitative estimate of drug-likeness (QED) is 0.680. The van der Waals surface area contributed by atoms with Crippen molar-refractivity contribution in [3.05, 3.63) is 27.7 Å². The van der Waals surface area contributed by atoms with Crippen LogP contribution in [0.25, 0.3) is 0 Å². The number of methoxy groups -OCH3 is 1. The van der Waals surface area contributed by atoms with Crippen LogP contribution in [0, 0.1) is 0 Å². The summed E-state index contributed by atoms with van der Waals surface area (Å²) in [5, 5.41) is 6.66. The Kier molecular flexibility index (Phi) is 8.45. The molecule has 0 bridgehead atoms. The van der Waals surface area contributed by atoms with Gasteiger partial charge in [-0.3, -0.25) is 4.79 Å². The van der Waals surface area contributed by atoms with E-state index in [2.05, 4.69) is 10.6 Å². The van der Waals surface area contributed by atoms with Crippen LogP contribution in [0.3, 0.4) is 0 Å². The molecule has 1 rings (SSSR count). The SMILES string of the molecule is CNCc1cc(Cl)cc(Cl)c1OCC(=O)NCCCOC. The summed E-state index contributed by atoms with van der Waals surface area (Å²) in [6.07, 6.45) is 0.759. The van der Waals surface area contributed by atoms with Crippen LogP contribution >= 0.6 is 23.2 Å². The predicted molar refractivity (Wildman–Crippen MR) is 84.2 cm³/mol. The number of amides is 1. The average molecular weight is 335 g/mol. The van der Waals surface area contributed by atoms with Crippen LogP contribution in [0.1, 0.15) is 12.0 Å². The summed E-state index contributed by atoms with van der Waals surface area (Å²) in [6, 6.07) is 3.35. The third-order valence-corrected chi connectivity index (χ3v) is 3.15. The van der Waals surface area contributed by atoms with Gasteiger partial charge >= 0.3 is 0 Å². The lowest BCUT2D eigenvalue weighted by atomic mass is 10.2. The number of ether oxygens (including phenoxy) is 2. The number of hydrogen-bond donors (Lipinski definition) is 2. The Morgan fingerprint density at radius 2 is 2.10 bits per heavy atom. The standard InChI is InChI=1S/C14H20Cl2N2O3/c1-17-8-10-6-11(15)7-12(16)14(10)21-9-13(19)18-4-3-5-20-2/h6-7,17H,3-5,8-9H2,1-2H3,(H,18,19). The Morgan fingerprint density at radius 3 is 2.76 bits per heavy atom. The van der Waals surface area contributed by atoms with E-state index in [1.165, 1.54) is 0 Å². The van der Waals surface area contributed by atoms with Gasteiger partial charge in [-0.25, -0.2) is 0 Å². The van der Waals surface area contributed by atoms with E-state index in [1.807, 2.05) is 0 Å². The second-order valence-corrected chi connectivity index (χ2v) is 5.23. The molecule has 0 aliphatic heterocycles. The zero-order valence-corrected chi connectivity index (χ0v) is 13.7. The number of carbonyl (C=O) groups excluding carboxylic acids is 1. The largest absolute Gasteiger partial charge is 0.482 e. The molecule has 1 aromatic carbocycles. The fourth-order valence-electron chi connectivity index (χ4n) is 1.73. The van der Waals surface area contributed by atoms with E-state index >= 15 is 0 Å². The van der Waals surface area contributed by atoms with Crippen LogP contribution in [0.15, 0.2) is 12.1 Å². The molecule has 0 unspecified atom stereocenters. The zero-order chi connectivity index (χ0) is 15.7. The van der Waals surface area contributed by atoms with Gasteiger partial charge in [-0.15, -0.1) is 0 Å². The van der Waals surface area contributed by atoms with Crippen molar-refractivity contribution in [1.82, 2.24) is 10.6 Å². The van der Waals surface area contributed by atoms with Crippen molar-refractivity contribution in [3.63, 3.8) is 0 Å². The topological polar surface area (TPSA) is 59.6 Å². The van der Waals surface area contributed by atoms with E-state index in [9.17, 15) is 4.79 Å². The Labute approximate surface area is 134 Å². The van der Waals surface area contributed by atoms with Gasteiger partial charge in [-0.05, 0) is 25.6 Å². The molecule has 0 saturated heterocycles. The van der Waals surface area contributed by atoms with Crippen LogP contribution in [-0.4, -0.2) is 39.8 Å². The van der Waals surface area contributed by atoms with Crippen LogP contribution < -0.4 is 15.4 Å². The zero-order valence-electron chi connectivity index (χ0n) is 12.2. The van der Waals surface area contributed by atoms with Crippen molar-refractivity contribution in [2.75, 3.05) is 33.9 Å². The number of halogens is 2. The summed E-state index contributed by atoms with van der Waals surface area (Å²) >= 11 is 12.1. The van der Waals surface area contributed by atoms with E-state index in [-0.39, 0.29) is 12.5 Å². The first-order valence-corrected chi connectivity index (χ1v) is 7.35. The summed E-state index contributed by atoms with van der Waals surface area (Å²) in [7, 11) is 3.43. The van der Waals surface area contributed by atoms with Crippen molar-refractivity contribution in [3.8, 4) is 5.75 Å². The van der Waals surface area contributed by atoms with Crippen molar-refractivity contribution in [1.29, 1.82) is 0 Å². The van der Waals surface area contributed by atoms with Crippen molar-refractivity contribution >= 4 is 29.1 Å². The van der Waals surface area contributed by atoms with Crippen LogP contribution in [0.2, 0.25) is 10.0 Å². The van der Waals surface area contributed by atoms with Crippen molar-refractivity contribution < 1.29 is 14.3 Å². The highest BCUT2D eigenvalue weighted by atomic mass is 35.5. The summed E-state index contributed by atoms with van der Waals surface area (Å²) in [6.45, 7) is 1.61. The molecule has 0 aromatic heterocycles. The molecule has 7 heteroatoms. The van der Waals surface area contributed by atoms with E-state index < -0.39 is 0 Å². The minimum atomic E-state index is -0.201. The highest BCUT2D eigenvalue weighted by Crippen LogP contribution is 2.32. The molecule has 1 aromatic rings. The fourth-order valence-corrected chi connectivity index (χ4v) is 2.32. The van der Waals surface area contributed by atoms with Crippen LogP contribution in [0.4, 0.5) is 0 Å². The number of carbonyl (C=O) groups is 1. The third kappa shape index (κ3) is 6.52. The summed E-state index contributed by atoms with van der Waals surface area (Å²) in [5.41, 5.74) is 0.808. The lowest BCUT2D eigenvalue weighted by Crippen LogP contribution is -2.30. The first-order valence-electron chi connectivity index (χ1n) is 6.59. The minimum absolute atomic E-state index is 0.0922. The lowest BCUT2D eigenvalue weighted by Gasteiger charge is -2.13. The first-order chi connectivity index (χ1) is 10.1. The lowest BCUT2D eigenvalue weighted by molar-refractivity contribution is -0.123. The molecule has 0 aliphatic rings. The summed E-state index contributed by atoms with van der Waals surface area (Å²) < 4.78 is 10.4. The molecule has 1 amide bonds. The molecule has 0 spiro atoms. The smallest absolute Gasteiger partial charge is 0.257 e. The first kappa shape index (κ1) is 18.0. The molecule has 0 heterocycles. The van der Waals surface area contributed by atoms with Crippen LogP contribution in [0.5, 0.6) is 5.75 Å². The van der Waals surface area contributed by atoms with Gasteiger partial charge in [0.1, 0.15) is 5.75 Å². The van der Waals surface area contributed by atoms with Gasteiger partial charge in [-0.1, -0.05) is 23.2 Å². The molecule has 0 atom stereocenters. The Morgan fingerprint density at radius 1 is 1.33 bits per heavy atom. The van der Waals surface area contributed by atoms with E-state index in [1.54, 1.807) is 26.3 Å². The second-order valence-electron chi connectivity index (χ2n) is 4.39. The highest BCUT2D eigenvalue weighted by Gasteiger charge is 2.12. The maximum atomic E-state index is 11.7. The predicted octanol–water partition coefficient (Wildman–Crippen LogP) is 2.24. The minimum Gasteiger partial charge on any atom is -0.482 e. The van der Waals surface area contributed by atoms with Crippen LogP contribution in [-0.2, 0) is 16.1 Å². The maximum absolute atomic E-state index is 11.7. The molecular weight excluding hydrogens is 315 g/mol. The molecule has 118 valence electrons. The maximum Gasteiger partial charge on any atom is 0.257 e. The third-order valence-electron chi connectivity index (χ3n) is 2.65. The highest BCUT2D eigenvalue weighted by molar-refractivity contribution is 6.35. The van der Waals surface area contributed by atoms with Gasteiger partial charge in [0.15, 0.2) is 6.61 Å². The van der Waals surface area contributed by atoms with Gasteiger partial charge < -0.3 is 20.1 Å². The molecule has 0 saturated carbocycles. The fraction of sp³-hybridized carbons (Fsp3) is 0.500.